The van der Waals surface area contributed by atoms with E-state index in [1.165, 1.54) is 10.9 Å². The summed E-state index contributed by atoms with van der Waals surface area (Å²) in [6.45, 7) is 4.83. The van der Waals surface area contributed by atoms with Gasteiger partial charge in [-0.3, -0.25) is 14.4 Å². The summed E-state index contributed by atoms with van der Waals surface area (Å²) in [5.41, 5.74) is 15.2. The smallest absolute Gasteiger partial charge is 0.306 e. The minimum absolute atomic E-state index is 0. The Balaban J connectivity index is 0.00000560. The minimum atomic E-state index is -0.427. The predicted molar refractivity (Wildman–Crippen MR) is 163 cm³/mol. The maximum atomic E-state index is 13.3. The van der Waals surface area contributed by atoms with Crippen LogP contribution >= 0.6 is 12.4 Å². The van der Waals surface area contributed by atoms with E-state index in [4.69, 9.17) is 16.2 Å². The normalized spacial score (nSPS) is 11.4. The molecule has 0 saturated heterocycles. The molecule has 0 bridgehead atoms. The number of esters is 1. The lowest BCUT2D eigenvalue weighted by atomic mass is 9.97. The molecule has 3 rings (SSSR count). The molecule has 0 spiro atoms. The molecule has 7 nitrogen and oxygen atoms in total. The van der Waals surface area contributed by atoms with Crippen molar-refractivity contribution in [3.63, 3.8) is 0 Å². The topological polar surface area (TPSA) is 116 Å². The second kappa shape index (κ2) is 16.5. The molecule has 0 heterocycles. The molecule has 4 N–H and O–H groups in total. The highest BCUT2D eigenvalue weighted by Gasteiger charge is 2.25. The molecule has 40 heavy (non-hydrogen) atoms. The molecular weight excluding hydrogens is 526 g/mol. The van der Waals surface area contributed by atoms with Gasteiger partial charge < -0.3 is 21.1 Å². The Morgan fingerprint density at radius 2 is 1.55 bits per heavy atom. The summed E-state index contributed by atoms with van der Waals surface area (Å²) in [5, 5.41) is 2.31. The van der Waals surface area contributed by atoms with Gasteiger partial charge in [0, 0.05) is 43.1 Å². The van der Waals surface area contributed by atoms with Crippen LogP contribution in [0.1, 0.15) is 69.1 Å². The Bertz CT molecular complexity index is 1280. The monoisotopic (exact) mass is 567 g/mol. The lowest BCUT2D eigenvalue weighted by molar-refractivity contribution is -0.145. The third-order valence-corrected chi connectivity index (χ3v) is 6.98. The van der Waals surface area contributed by atoms with E-state index in [-0.39, 0.29) is 49.8 Å². The van der Waals surface area contributed by atoms with Gasteiger partial charge in [-0.05, 0) is 60.1 Å². The summed E-state index contributed by atoms with van der Waals surface area (Å²) >= 11 is 0. The maximum Gasteiger partial charge on any atom is 0.306 e. The Morgan fingerprint density at radius 1 is 0.900 bits per heavy atom. The van der Waals surface area contributed by atoms with Gasteiger partial charge in [-0.1, -0.05) is 68.4 Å². The fourth-order valence-corrected chi connectivity index (χ4v) is 4.83. The van der Waals surface area contributed by atoms with Crippen molar-refractivity contribution in [2.24, 2.45) is 5.73 Å². The van der Waals surface area contributed by atoms with Gasteiger partial charge in [0.15, 0.2) is 0 Å². The molecule has 0 aliphatic rings. The van der Waals surface area contributed by atoms with Gasteiger partial charge in [-0.2, -0.15) is 0 Å². The number of carbonyl (C=O) groups is 3. The molecule has 2 amide bonds. The average Bonchev–Trinajstić information content (AvgIpc) is 2.92. The van der Waals surface area contributed by atoms with Gasteiger partial charge in [0.05, 0.1) is 0 Å². The Labute approximate surface area is 243 Å². The SMILES string of the molecule is CCCN(C(=O)CCCCC(=O)OCc1ccccc1N)[C@H](CC(N)=O)Cc1ccc2cc(CC)ccc2c1.Cl. The zero-order valence-corrected chi connectivity index (χ0v) is 24.4. The summed E-state index contributed by atoms with van der Waals surface area (Å²) in [6, 6.07) is 19.7. The number of halogens is 1. The standard InChI is InChI=1S/C32H41N3O4.ClH/c1-3-17-35(31(37)11-7-8-12-32(38)39-22-27-9-5-6-10-29(27)33)28(21-30(34)36)20-24-14-16-25-18-23(4-2)13-15-26(25)19-24;/h5-6,9-10,13-16,18-19,28H,3-4,7-8,11-12,17,20-22,33H2,1-2H3,(H2,34,36);1H/t28-;/m0./s1. The van der Waals surface area contributed by atoms with Crippen LogP contribution < -0.4 is 11.5 Å². The van der Waals surface area contributed by atoms with E-state index in [0.717, 1.165) is 29.4 Å². The summed E-state index contributed by atoms with van der Waals surface area (Å²) < 4.78 is 5.33. The van der Waals surface area contributed by atoms with Crippen molar-refractivity contribution < 1.29 is 19.1 Å². The maximum absolute atomic E-state index is 13.3. The largest absolute Gasteiger partial charge is 0.461 e. The lowest BCUT2D eigenvalue weighted by Crippen LogP contribution is -2.44. The van der Waals surface area contributed by atoms with Gasteiger partial charge in [0.25, 0.3) is 0 Å². The number of para-hydroxylation sites is 1. The zero-order valence-electron chi connectivity index (χ0n) is 23.6. The number of fused-ring (bicyclic) bond motifs is 1. The highest BCUT2D eigenvalue weighted by Crippen LogP contribution is 2.22. The number of nitrogens with zero attached hydrogens (tertiary/aromatic N) is 1. The van der Waals surface area contributed by atoms with Crippen molar-refractivity contribution in [2.75, 3.05) is 12.3 Å². The van der Waals surface area contributed by atoms with Crippen molar-refractivity contribution >= 4 is 46.7 Å². The number of aryl methyl sites for hydroxylation is 1. The first-order valence-electron chi connectivity index (χ1n) is 13.9. The zero-order chi connectivity index (χ0) is 28.2. The van der Waals surface area contributed by atoms with Crippen LogP contribution in [0.5, 0.6) is 0 Å². The number of anilines is 1. The van der Waals surface area contributed by atoms with E-state index >= 15 is 0 Å². The van der Waals surface area contributed by atoms with Crippen molar-refractivity contribution in [3.05, 3.63) is 77.4 Å². The van der Waals surface area contributed by atoms with E-state index in [0.29, 0.717) is 37.9 Å². The Hall–Kier alpha value is -3.58. The number of primary amides is 1. The third-order valence-electron chi connectivity index (χ3n) is 6.98. The molecule has 0 aromatic heterocycles. The van der Waals surface area contributed by atoms with Crippen LogP contribution in [0.25, 0.3) is 10.8 Å². The van der Waals surface area contributed by atoms with Crippen molar-refractivity contribution in [2.45, 2.75) is 77.9 Å². The van der Waals surface area contributed by atoms with E-state index < -0.39 is 5.91 Å². The van der Waals surface area contributed by atoms with Gasteiger partial charge >= 0.3 is 5.97 Å². The van der Waals surface area contributed by atoms with Crippen LogP contribution in [0.3, 0.4) is 0 Å². The quantitative estimate of drug-likeness (QED) is 0.138. The summed E-state index contributed by atoms with van der Waals surface area (Å²) in [7, 11) is 0. The second-order valence-electron chi connectivity index (χ2n) is 10.1. The highest BCUT2D eigenvalue weighted by atomic mass is 35.5. The van der Waals surface area contributed by atoms with Crippen LogP contribution in [0.15, 0.2) is 60.7 Å². The molecule has 3 aromatic rings. The predicted octanol–water partition coefficient (Wildman–Crippen LogP) is 5.74. The minimum Gasteiger partial charge on any atom is -0.461 e. The molecule has 0 radical (unpaired) electrons. The number of rotatable bonds is 15. The van der Waals surface area contributed by atoms with Crippen molar-refractivity contribution in [3.8, 4) is 0 Å². The molecule has 3 aromatic carbocycles. The number of benzene rings is 3. The van der Waals surface area contributed by atoms with Gasteiger partial charge in [-0.25, -0.2) is 0 Å². The van der Waals surface area contributed by atoms with Gasteiger partial charge in [0.1, 0.15) is 6.61 Å². The molecular formula is C32H42ClN3O4. The molecule has 216 valence electrons. The second-order valence-corrected chi connectivity index (χ2v) is 10.1. The molecule has 1 atom stereocenters. The lowest BCUT2D eigenvalue weighted by Gasteiger charge is -2.31. The molecule has 0 aliphatic heterocycles. The van der Waals surface area contributed by atoms with Gasteiger partial charge in [-0.15, -0.1) is 12.4 Å². The first-order valence-corrected chi connectivity index (χ1v) is 13.9. The number of carbonyl (C=O) groups excluding carboxylic acids is 3. The number of nitrogens with two attached hydrogens (primary N) is 2. The summed E-state index contributed by atoms with van der Waals surface area (Å²) in [4.78, 5) is 39.2. The Morgan fingerprint density at radius 3 is 2.20 bits per heavy atom. The van der Waals surface area contributed by atoms with Gasteiger partial charge in [0.2, 0.25) is 11.8 Å². The molecule has 8 heteroatoms. The Kier molecular flexibility index (Phi) is 13.5. The molecule has 0 fully saturated rings. The van der Waals surface area contributed by atoms with Crippen molar-refractivity contribution in [1.82, 2.24) is 4.90 Å². The highest BCUT2D eigenvalue weighted by molar-refractivity contribution is 5.85. The average molecular weight is 568 g/mol. The first kappa shape index (κ1) is 32.6. The van der Waals surface area contributed by atoms with Crippen LogP contribution in [0, 0.1) is 0 Å². The summed E-state index contributed by atoms with van der Waals surface area (Å²) in [5.74, 6) is -0.768. The van der Waals surface area contributed by atoms with Crippen LogP contribution in [-0.2, 0) is 38.6 Å². The first-order chi connectivity index (χ1) is 18.8. The van der Waals surface area contributed by atoms with Crippen LogP contribution in [0.4, 0.5) is 5.69 Å². The van der Waals surface area contributed by atoms with E-state index in [2.05, 4.69) is 43.3 Å². The molecule has 0 aliphatic carbocycles. The number of ether oxygens (including phenoxy) is 1. The third kappa shape index (κ3) is 9.87. The number of hydrogen-bond acceptors (Lipinski definition) is 5. The molecule has 0 unspecified atom stereocenters. The molecule has 0 saturated carbocycles. The van der Waals surface area contributed by atoms with Crippen LogP contribution in [-0.4, -0.2) is 35.3 Å². The number of nitrogen functional groups attached to an aromatic ring is 1. The van der Waals surface area contributed by atoms with Crippen molar-refractivity contribution in [1.29, 1.82) is 0 Å². The fourth-order valence-electron chi connectivity index (χ4n) is 4.83. The van der Waals surface area contributed by atoms with E-state index in [9.17, 15) is 14.4 Å². The van der Waals surface area contributed by atoms with E-state index in [1.54, 1.807) is 11.0 Å². The number of hydrogen-bond donors (Lipinski definition) is 2. The van der Waals surface area contributed by atoms with E-state index in [1.807, 2.05) is 25.1 Å². The van der Waals surface area contributed by atoms with Crippen LogP contribution in [0.2, 0.25) is 0 Å². The number of amides is 2. The summed E-state index contributed by atoms with van der Waals surface area (Å²) in [6.07, 6.45) is 4.04. The fraction of sp³-hybridized carbons (Fsp3) is 0.406. The number of unbranched alkanes of at least 4 members (excludes halogenated alkanes) is 1.